The summed E-state index contributed by atoms with van der Waals surface area (Å²) in [5.41, 5.74) is 0.334. The minimum Gasteiger partial charge on any atom is -0.336 e. The number of likely N-dealkylation sites (tertiary alicyclic amines) is 1. The summed E-state index contributed by atoms with van der Waals surface area (Å²) in [7, 11) is 0. The number of nitrogens with one attached hydrogen (secondary N) is 1. The summed E-state index contributed by atoms with van der Waals surface area (Å²) in [4.78, 5) is 31.4. The highest BCUT2D eigenvalue weighted by atomic mass is 19.2. The Hall–Kier alpha value is -2.57. The SMILES string of the molecule is N#C[C@@H]1CCCN1C(=O)CNC12CCC(N3CCN(C(=O)c4ccc(F)c(F)c4)CC3)(CC1)CC2. The van der Waals surface area contributed by atoms with Crippen LogP contribution in [0, 0.1) is 23.0 Å². The number of halogens is 2. The third-order valence-electron chi connectivity index (χ3n) is 8.95. The van der Waals surface area contributed by atoms with Crippen molar-refractivity contribution in [3.05, 3.63) is 35.4 Å². The normalized spacial score (nSPS) is 30.9. The van der Waals surface area contributed by atoms with E-state index >= 15 is 0 Å². The fourth-order valence-corrected chi connectivity index (χ4v) is 6.67. The molecule has 2 aliphatic heterocycles. The molecular formula is C26H33F2N5O2. The monoisotopic (exact) mass is 485 g/mol. The number of nitrogens with zero attached hydrogens (tertiary/aromatic N) is 4. The van der Waals surface area contributed by atoms with Crippen LogP contribution in [0.4, 0.5) is 8.78 Å². The van der Waals surface area contributed by atoms with Crippen molar-refractivity contribution < 1.29 is 18.4 Å². The first-order valence-electron chi connectivity index (χ1n) is 12.8. The van der Waals surface area contributed by atoms with Gasteiger partial charge in [-0.15, -0.1) is 0 Å². The van der Waals surface area contributed by atoms with E-state index in [1.54, 1.807) is 9.80 Å². The summed E-state index contributed by atoms with van der Waals surface area (Å²) in [6, 6.07) is 5.29. The molecule has 2 bridgehead atoms. The molecule has 5 fully saturated rings. The molecule has 1 atom stereocenters. The summed E-state index contributed by atoms with van der Waals surface area (Å²) >= 11 is 0. The number of nitriles is 1. The fraction of sp³-hybridized carbons (Fsp3) is 0.654. The molecule has 2 amide bonds. The maximum atomic E-state index is 13.6. The number of carbonyl (C=O) groups is 2. The summed E-state index contributed by atoms with van der Waals surface area (Å²) < 4.78 is 26.8. The summed E-state index contributed by atoms with van der Waals surface area (Å²) in [5.74, 6) is -2.16. The Morgan fingerprint density at radius 1 is 1.00 bits per heavy atom. The van der Waals surface area contributed by atoms with Gasteiger partial charge in [0.2, 0.25) is 5.91 Å². The number of amides is 2. The van der Waals surface area contributed by atoms with Gasteiger partial charge in [0, 0.05) is 49.4 Å². The van der Waals surface area contributed by atoms with Crippen LogP contribution in [0.1, 0.15) is 61.7 Å². The van der Waals surface area contributed by atoms with Gasteiger partial charge in [-0.05, 0) is 69.6 Å². The van der Waals surface area contributed by atoms with E-state index in [2.05, 4.69) is 16.3 Å². The second kappa shape index (κ2) is 9.47. The maximum absolute atomic E-state index is 13.6. The van der Waals surface area contributed by atoms with E-state index in [1.165, 1.54) is 6.07 Å². The van der Waals surface area contributed by atoms with Crippen molar-refractivity contribution in [2.24, 2.45) is 0 Å². The van der Waals surface area contributed by atoms with Crippen LogP contribution in [0.2, 0.25) is 0 Å². The lowest BCUT2D eigenvalue weighted by Gasteiger charge is -2.59. The quantitative estimate of drug-likeness (QED) is 0.694. The molecule has 35 heavy (non-hydrogen) atoms. The zero-order valence-corrected chi connectivity index (χ0v) is 20.1. The summed E-state index contributed by atoms with van der Waals surface area (Å²) in [6.45, 7) is 3.69. The smallest absolute Gasteiger partial charge is 0.254 e. The molecule has 1 aromatic carbocycles. The molecule has 5 aliphatic rings. The third kappa shape index (κ3) is 4.54. The number of piperazine rings is 1. The van der Waals surface area contributed by atoms with E-state index in [4.69, 9.17) is 0 Å². The van der Waals surface area contributed by atoms with E-state index in [-0.39, 0.29) is 34.5 Å². The molecule has 188 valence electrons. The highest BCUT2D eigenvalue weighted by Crippen LogP contribution is 2.50. The van der Waals surface area contributed by atoms with Gasteiger partial charge in [0.15, 0.2) is 11.6 Å². The number of fused-ring (bicyclic) bond motifs is 3. The Kier molecular flexibility index (Phi) is 6.53. The Balaban J connectivity index is 1.13. The van der Waals surface area contributed by atoms with Crippen LogP contribution in [0.25, 0.3) is 0 Å². The van der Waals surface area contributed by atoms with Crippen LogP contribution in [-0.4, -0.2) is 82.9 Å². The largest absolute Gasteiger partial charge is 0.336 e. The Morgan fingerprint density at radius 3 is 2.31 bits per heavy atom. The minimum atomic E-state index is -0.998. The number of hydrogen-bond donors (Lipinski definition) is 1. The van der Waals surface area contributed by atoms with Crippen molar-refractivity contribution in [3.8, 4) is 6.07 Å². The lowest BCUT2D eigenvalue weighted by molar-refractivity contribution is -0.131. The summed E-state index contributed by atoms with van der Waals surface area (Å²) in [6.07, 6.45) is 7.94. The zero-order chi connectivity index (χ0) is 24.6. The van der Waals surface area contributed by atoms with Crippen molar-refractivity contribution in [1.29, 1.82) is 5.26 Å². The van der Waals surface area contributed by atoms with E-state index in [0.29, 0.717) is 26.2 Å². The van der Waals surface area contributed by atoms with Gasteiger partial charge in [-0.1, -0.05) is 0 Å². The lowest BCUT2D eigenvalue weighted by Crippen LogP contribution is -2.66. The molecule has 2 heterocycles. The number of carbonyl (C=O) groups excluding carboxylic acids is 2. The molecule has 3 saturated carbocycles. The standard InChI is InChI=1S/C26H33F2N5O2/c27-21-4-3-19(16-22(21)28)24(35)31-12-14-32(15-13-31)26-8-5-25(6-9-26,7-10-26)30-18-23(34)33-11-1-2-20(33)17-29/h3-4,16,20,30H,1-2,5-15,18H2/t20-,25?,26?/m0/s1. The predicted molar refractivity (Wildman–Crippen MR) is 125 cm³/mol. The zero-order valence-electron chi connectivity index (χ0n) is 20.1. The van der Waals surface area contributed by atoms with Crippen molar-refractivity contribution >= 4 is 11.8 Å². The Labute approximate surface area is 205 Å². The van der Waals surface area contributed by atoms with Gasteiger partial charge in [0.1, 0.15) is 6.04 Å². The molecule has 0 spiro atoms. The van der Waals surface area contributed by atoms with Crippen LogP contribution in [0.15, 0.2) is 18.2 Å². The molecule has 0 aromatic heterocycles. The average molecular weight is 486 g/mol. The first-order valence-corrected chi connectivity index (χ1v) is 12.8. The van der Waals surface area contributed by atoms with Gasteiger partial charge in [-0.3, -0.25) is 14.5 Å². The number of rotatable bonds is 5. The summed E-state index contributed by atoms with van der Waals surface area (Å²) in [5, 5.41) is 12.8. The van der Waals surface area contributed by atoms with E-state index in [9.17, 15) is 23.6 Å². The highest BCUT2D eigenvalue weighted by molar-refractivity contribution is 5.94. The molecular weight excluding hydrogens is 452 g/mol. The van der Waals surface area contributed by atoms with Crippen LogP contribution in [0.3, 0.4) is 0 Å². The van der Waals surface area contributed by atoms with Gasteiger partial charge in [0.05, 0.1) is 12.6 Å². The second-order valence-electron chi connectivity index (χ2n) is 10.6. The van der Waals surface area contributed by atoms with Crippen molar-refractivity contribution in [2.75, 3.05) is 39.3 Å². The van der Waals surface area contributed by atoms with Crippen LogP contribution < -0.4 is 5.32 Å². The lowest BCUT2D eigenvalue weighted by atomic mass is 9.60. The molecule has 1 aromatic rings. The van der Waals surface area contributed by atoms with Gasteiger partial charge in [-0.2, -0.15) is 5.26 Å². The minimum absolute atomic E-state index is 0.00369. The van der Waals surface area contributed by atoms with Crippen molar-refractivity contribution in [2.45, 2.75) is 68.5 Å². The molecule has 2 saturated heterocycles. The van der Waals surface area contributed by atoms with Crippen molar-refractivity contribution in [3.63, 3.8) is 0 Å². The Morgan fingerprint density at radius 2 is 1.69 bits per heavy atom. The first kappa shape index (κ1) is 24.1. The molecule has 6 rings (SSSR count). The van der Waals surface area contributed by atoms with Gasteiger partial charge >= 0.3 is 0 Å². The molecule has 0 radical (unpaired) electrons. The number of benzene rings is 1. The average Bonchev–Trinajstić information content (AvgIpc) is 3.39. The third-order valence-corrected chi connectivity index (χ3v) is 8.95. The fourth-order valence-electron chi connectivity index (χ4n) is 6.67. The van der Waals surface area contributed by atoms with Crippen molar-refractivity contribution in [1.82, 2.24) is 20.0 Å². The van der Waals surface area contributed by atoms with E-state index < -0.39 is 11.6 Å². The molecule has 0 unspecified atom stereocenters. The second-order valence-corrected chi connectivity index (χ2v) is 10.6. The van der Waals surface area contributed by atoms with E-state index in [0.717, 1.165) is 76.6 Å². The van der Waals surface area contributed by atoms with E-state index in [1.807, 2.05) is 0 Å². The first-order chi connectivity index (χ1) is 16.8. The maximum Gasteiger partial charge on any atom is 0.254 e. The van der Waals surface area contributed by atoms with Gasteiger partial charge < -0.3 is 15.1 Å². The topological polar surface area (TPSA) is 79.7 Å². The Bertz CT molecular complexity index is 1010. The van der Waals surface area contributed by atoms with Crippen LogP contribution in [0.5, 0.6) is 0 Å². The van der Waals surface area contributed by atoms with Crippen LogP contribution >= 0.6 is 0 Å². The molecule has 1 N–H and O–H groups in total. The molecule has 3 aliphatic carbocycles. The van der Waals surface area contributed by atoms with Crippen LogP contribution in [-0.2, 0) is 4.79 Å². The van der Waals surface area contributed by atoms with Gasteiger partial charge in [0.25, 0.3) is 5.91 Å². The number of hydrogen-bond acceptors (Lipinski definition) is 5. The van der Waals surface area contributed by atoms with Gasteiger partial charge in [-0.25, -0.2) is 8.78 Å². The predicted octanol–water partition coefficient (Wildman–Crippen LogP) is 2.67. The highest BCUT2D eigenvalue weighted by Gasteiger charge is 2.51. The molecule has 9 heteroatoms. The molecule has 7 nitrogen and oxygen atoms in total.